The molecule has 0 saturated heterocycles. The Morgan fingerprint density at radius 2 is 1.87 bits per heavy atom. The number of hydrogen-bond donors (Lipinski definition) is 2. The van der Waals surface area contributed by atoms with Gasteiger partial charge in [-0.15, -0.1) is 0 Å². The summed E-state index contributed by atoms with van der Waals surface area (Å²) in [7, 11) is 0. The Balaban J connectivity index is 1.65. The number of nitrogens with zero attached hydrogens (tertiary/aromatic N) is 1. The van der Waals surface area contributed by atoms with E-state index < -0.39 is 5.82 Å². The minimum Gasteiger partial charge on any atom is -0.437 e. The van der Waals surface area contributed by atoms with E-state index in [2.05, 4.69) is 31.5 Å². The number of carbonyl (C=O) groups excluding carboxylic acids is 2. The SMILES string of the molecule is CC(C)C(=O)Nc1ccc(CNC(=O)c2cccnc2Oc2ccc(F)cc2Br)cc1. The molecule has 0 atom stereocenters. The predicted octanol–water partition coefficient (Wildman–Crippen LogP) is 5.30. The number of pyridine rings is 1. The number of hydrogen-bond acceptors (Lipinski definition) is 4. The molecule has 3 aromatic rings. The van der Waals surface area contributed by atoms with Gasteiger partial charge in [0.2, 0.25) is 11.8 Å². The first-order chi connectivity index (χ1) is 14.8. The zero-order valence-electron chi connectivity index (χ0n) is 17.0. The van der Waals surface area contributed by atoms with Crippen molar-refractivity contribution >= 4 is 33.4 Å². The van der Waals surface area contributed by atoms with Gasteiger partial charge in [0, 0.05) is 24.3 Å². The van der Waals surface area contributed by atoms with Crippen LogP contribution in [-0.2, 0) is 11.3 Å². The molecule has 0 aliphatic carbocycles. The van der Waals surface area contributed by atoms with Crippen LogP contribution in [0.15, 0.2) is 65.3 Å². The van der Waals surface area contributed by atoms with Crippen LogP contribution in [0.5, 0.6) is 11.6 Å². The first kappa shape index (κ1) is 22.4. The van der Waals surface area contributed by atoms with Crippen LogP contribution in [0.4, 0.5) is 10.1 Å². The molecular formula is C23H21BrFN3O3. The number of aromatic nitrogens is 1. The first-order valence-electron chi connectivity index (χ1n) is 9.59. The van der Waals surface area contributed by atoms with Crippen LogP contribution in [0, 0.1) is 11.7 Å². The number of amides is 2. The van der Waals surface area contributed by atoms with Gasteiger partial charge in [-0.25, -0.2) is 9.37 Å². The highest BCUT2D eigenvalue weighted by Crippen LogP contribution is 2.30. The average Bonchev–Trinajstić information content (AvgIpc) is 2.75. The Kier molecular flexibility index (Phi) is 7.36. The number of ether oxygens (including phenoxy) is 1. The van der Waals surface area contributed by atoms with Crippen molar-refractivity contribution < 1.29 is 18.7 Å². The molecule has 2 aromatic carbocycles. The molecule has 0 spiro atoms. The summed E-state index contributed by atoms with van der Waals surface area (Å²) in [5, 5.41) is 5.65. The van der Waals surface area contributed by atoms with Crippen LogP contribution in [0.1, 0.15) is 29.8 Å². The summed E-state index contributed by atoms with van der Waals surface area (Å²) in [5.41, 5.74) is 1.81. The Morgan fingerprint density at radius 3 is 2.55 bits per heavy atom. The van der Waals surface area contributed by atoms with Crippen molar-refractivity contribution in [1.82, 2.24) is 10.3 Å². The highest BCUT2D eigenvalue weighted by atomic mass is 79.9. The topological polar surface area (TPSA) is 80.3 Å². The summed E-state index contributed by atoms with van der Waals surface area (Å²) in [6.45, 7) is 3.93. The van der Waals surface area contributed by atoms with Crippen molar-refractivity contribution in [2.75, 3.05) is 5.32 Å². The third-order valence-corrected chi connectivity index (χ3v) is 4.93. The van der Waals surface area contributed by atoms with E-state index in [9.17, 15) is 14.0 Å². The number of rotatable bonds is 7. The van der Waals surface area contributed by atoms with Gasteiger partial charge in [0.15, 0.2) is 0 Å². The summed E-state index contributed by atoms with van der Waals surface area (Å²) in [5.74, 6) is -0.484. The Morgan fingerprint density at radius 1 is 1.13 bits per heavy atom. The molecule has 8 heteroatoms. The van der Waals surface area contributed by atoms with Gasteiger partial charge in [0.1, 0.15) is 17.1 Å². The number of carbonyl (C=O) groups is 2. The van der Waals surface area contributed by atoms with Crippen LogP contribution in [0.3, 0.4) is 0 Å². The number of anilines is 1. The number of benzene rings is 2. The lowest BCUT2D eigenvalue weighted by atomic mass is 10.1. The van der Waals surface area contributed by atoms with Gasteiger partial charge in [0.05, 0.1) is 4.47 Å². The molecule has 160 valence electrons. The maximum atomic E-state index is 13.3. The van der Waals surface area contributed by atoms with Gasteiger partial charge in [-0.3, -0.25) is 9.59 Å². The van der Waals surface area contributed by atoms with Crippen LogP contribution in [-0.4, -0.2) is 16.8 Å². The Hall–Kier alpha value is -3.26. The zero-order chi connectivity index (χ0) is 22.4. The van der Waals surface area contributed by atoms with Crippen LogP contribution in [0.2, 0.25) is 0 Å². The van der Waals surface area contributed by atoms with Gasteiger partial charge in [-0.1, -0.05) is 26.0 Å². The molecule has 2 amide bonds. The van der Waals surface area contributed by atoms with Crippen molar-refractivity contribution in [1.29, 1.82) is 0 Å². The van der Waals surface area contributed by atoms with E-state index in [1.165, 1.54) is 24.4 Å². The molecule has 0 bridgehead atoms. The molecule has 31 heavy (non-hydrogen) atoms. The third-order valence-electron chi connectivity index (χ3n) is 4.32. The lowest BCUT2D eigenvalue weighted by molar-refractivity contribution is -0.118. The molecule has 1 aromatic heterocycles. The Bertz CT molecular complexity index is 1090. The third kappa shape index (κ3) is 6.11. The summed E-state index contributed by atoms with van der Waals surface area (Å²) >= 11 is 3.24. The Labute approximate surface area is 188 Å². The summed E-state index contributed by atoms with van der Waals surface area (Å²) < 4.78 is 19.4. The van der Waals surface area contributed by atoms with Crippen molar-refractivity contribution in [3.8, 4) is 11.6 Å². The van der Waals surface area contributed by atoms with Crippen molar-refractivity contribution in [2.45, 2.75) is 20.4 Å². The number of halogens is 2. The fourth-order valence-corrected chi connectivity index (χ4v) is 3.01. The quantitative estimate of drug-likeness (QED) is 0.475. The molecule has 3 rings (SSSR count). The lowest BCUT2D eigenvalue weighted by Gasteiger charge is -2.12. The van der Waals surface area contributed by atoms with Crippen molar-refractivity contribution in [3.63, 3.8) is 0 Å². The van der Waals surface area contributed by atoms with E-state index in [1.807, 2.05) is 26.0 Å². The van der Waals surface area contributed by atoms with Crippen LogP contribution in [0.25, 0.3) is 0 Å². The maximum absolute atomic E-state index is 13.3. The highest BCUT2D eigenvalue weighted by Gasteiger charge is 2.15. The average molecular weight is 486 g/mol. The molecule has 2 N–H and O–H groups in total. The second-order valence-corrected chi connectivity index (χ2v) is 7.91. The highest BCUT2D eigenvalue weighted by molar-refractivity contribution is 9.10. The van der Waals surface area contributed by atoms with Gasteiger partial charge < -0.3 is 15.4 Å². The molecule has 0 unspecified atom stereocenters. The minimum atomic E-state index is -0.409. The van der Waals surface area contributed by atoms with Gasteiger partial charge in [-0.2, -0.15) is 0 Å². The molecule has 0 aliphatic heterocycles. The van der Waals surface area contributed by atoms with Gasteiger partial charge in [0.25, 0.3) is 5.91 Å². The second kappa shape index (κ2) is 10.2. The lowest BCUT2D eigenvalue weighted by Crippen LogP contribution is -2.23. The van der Waals surface area contributed by atoms with Crippen LogP contribution < -0.4 is 15.4 Å². The van der Waals surface area contributed by atoms with E-state index in [1.54, 1.807) is 24.3 Å². The fourth-order valence-electron chi connectivity index (χ4n) is 2.58. The molecule has 0 radical (unpaired) electrons. The van der Waals surface area contributed by atoms with E-state index in [-0.39, 0.29) is 35.7 Å². The van der Waals surface area contributed by atoms with Gasteiger partial charge in [-0.05, 0) is 64.0 Å². The predicted molar refractivity (Wildman–Crippen MR) is 119 cm³/mol. The summed E-state index contributed by atoms with van der Waals surface area (Å²) in [6.07, 6.45) is 1.51. The molecule has 0 saturated carbocycles. The van der Waals surface area contributed by atoms with Crippen LogP contribution >= 0.6 is 15.9 Å². The smallest absolute Gasteiger partial charge is 0.257 e. The molecular weight excluding hydrogens is 465 g/mol. The molecule has 0 aliphatic rings. The first-order valence-corrected chi connectivity index (χ1v) is 10.4. The molecule has 0 fully saturated rings. The fraction of sp³-hybridized carbons (Fsp3) is 0.174. The van der Waals surface area contributed by atoms with Crippen molar-refractivity contribution in [2.24, 2.45) is 5.92 Å². The molecule has 6 nitrogen and oxygen atoms in total. The minimum absolute atomic E-state index is 0.0575. The van der Waals surface area contributed by atoms with E-state index in [0.717, 1.165) is 5.56 Å². The van der Waals surface area contributed by atoms with E-state index in [0.29, 0.717) is 15.9 Å². The normalized spacial score (nSPS) is 10.6. The summed E-state index contributed by atoms with van der Waals surface area (Å²) in [6, 6.07) is 14.4. The monoisotopic (exact) mass is 485 g/mol. The largest absolute Gasteiger partial charge is 0.437 e. The molecule has 1 heterocycles. The number of nitrogens with one attached hydrogen (secondary N) is 2. The summed E-state index contributed by atoms with van der Waals surface area (Å²) in [4.78, 5) is 28.6. The zero-order valence-corrected chi connectivity index (χ0v) is 18.6. The second-order valence-electron chi connectivity index (χ2n) is 7.06. The standard InChI is InChI=1S/C23H21BrFN3O3/c1-14(2)21(29)28-17-8-5-15(6-9-17)13-27-22(30)18-4-3-11-26-23(18)31-20-10-7-16(25)12-19(20)24/h3-12,14H,13H2,1-2H3,(H,27,30)(H,28,29). The maximum Gasteiger partial charge on any atom is 0.257 e. The van der Waals surface area contributed by atoms with Gasteiger partial charge >= 0.3 is 0 Å². The van der Waals surface area contributed by atoms with E-state index in [4.69, 9.17) is 4.74 Å². The van der Waals surface area contributed by atoms with E-state index >= 15 is 0 Å². The van der Waals surface area contributed by atoms with Crippen molar-refractivity contribution in [3.05, 3.63) is 82.2 Å².